The smallest absolute Gasteiger partial charge is 0.0767 e. The Kier molecular flexibility index (Phi) is 3.52. The summed E-state index contributed by atoms with van der Waals surface area (Å²) in [5.41, 5.74) is -0.870. The lowest BCUT2D eigenvalue weighted by molar-refractivity contribution is -0.00420. The van der Waals surface area contributed by atoms with E-state index in [0.717, 1.165) is 13.0 Å². The Labute approximate surface area is 70.0 Å². The summed E-state index contributed by atoms with van der Waals surface area (Å²) in [6, 6.07) is 0. The van der Waals surface area contributed by atoms with E-state index in [4.69, 9.17) is 0 Å². The Morgan fingerprint density at radius 2 is 1.64 bits per heavy atom. The van der Waals surface area contributed by atoms with Crippen LogP contribution in [0.15, 0.2) is 0 Å². The highest BCUT2D eigenvalue weighted by atomic mass is 16.3. The number of nitrogens with one attached hydrogen (secondary N) is 1. The first-order valence-corrected chi connectivity index (χ1v) is 4.28. The minimum atomic E-state index is -0.665. The highest BCUT2D eigenvalue weighted by Gasteiger charge is 2.33. The van der Waals surface area contributed by atoms with E-state index in [1.54, 1.807) is 0 Å². The zero-order valence-corrected chi connectivity index (χ0v) is 8.36. The number of hydrogen-bond acceptors (Lipinski definition) is 2. The van der Waals surface area contributed by atoms with Crippen molar-refractivity contribution in [3.63, 3.8) is 0 Å². The second-order valence-corrected chi connectivity index (χ2v) is 4.11. The standard InChI is InChI=1S/C9H21NO/c1-6-7-10-8(2,3)9(4,5)11/h10-11H,6-7H2,1-5H3. The van der Waals surface area contributed by atoms with Gasteiger partial charge in [-0.1, -0.05) is 6.92 Å². The van der Waals surface area contributed by atoms with Crippen molar-refractivity contribution in [3.8, 4) is 0 Å². The molecule has 0 aliphatic carbocycles. The lowest BCUT2D eigenvalue weighted by Gasteiger charge is -2.38. The van der Waals surface area contributed by atoms with Crippen LogP contribution >= 0.6 is 0 Å². The van der Waals surface area contributed by atoms with Crippen molar-refractivity contribution in [2.75, 3.05) is 6.54 Å². The zero-order chi connectivity index (χ0) is 9.12. The molecule has 2 nitrogen and oxygen atoms in total. The molecule has 0 amide bonds. The van der Waals surface area contributed by atoms with Crippen molar-refractivity contribution in [3.05, 3.63) is 0 Å². The summed E-state index contributed by atoms with van der Waals surface area (Å²) in [6.07, 6.45) is 1.10. The first-order chi connectivity index (χ1) is 4.81. The first kappa shape index (κ1) is 10.9. The van der Waals surface area contributed by atoms with Crippen LogP contribution in [0.1, 0.15) is 41.0 Å². The van der Waals surface area contributed by atoms with Crippen LogP contribution in [0.3, 0.4) is 0 Å². The van der Waals surface area contributed by atoms with Gasteiger partial charge in [0.2, 0.25) is 0 Å². The van der Waals surface area contributed by atoms with Crippen molar-refractivity contribution < 1.29 is 5.11 Å². The molecule has 0 unspecified atom stereocenters. The molecule has 68 valence electrons. The molecule has 2 N–H and O–H groups in total. The van der Waals surface area contributed by atoms with Gasteiger partial charge in [-0.2, -0.15) is 0 Å². The minimum absolute atomic E-state index is 0.205. The van der Waals surface area contributed by atoms with E-state index in [1.807, 2.05) is 27.7 Å². The molecule has 0 aromatic rings. The molecule has 0 bridgehead atoms. The largest absolute Gasteiger partial charge is 0.389 e. The molecule has 0 aromatic carbocycles. The van der Waals surface area contributed by atoms with Crippen molar-refractivity contribution in [2.24, 2.45) is 0 Å². The summed E-state index contributed by atoms with van der Waals surface area (Å²) in [4.78, 5) is 0. The van der Waals surface area contributed by atoms with Gasteiger partial charge in [0.15, 0.2) is 0 Å². The molecule has 0 saturated carbocycles. The molecular weight excluding hydrogens is 138 g/mol. The molecule has 0 aliphatic heterocycles. The summed E-state index contributed by atoms with van der Waals surface area (Å²) >= 11 is 0. The summed E-state index contributed by atoms with van der Waals surface area (Å²) in [6.45, 7) is 10.8. The number of aliphatic hydroxyl groups is 1. The van der Waals surface area contributed by atoms with Crippen LogP contribution in [0, 0.1) is 0 Å². The normalized spacial score (nSPS) is 13.6. The van der Waals surface area contributed by atoms with Gasteiger partial charge in [0.25, 0.3) is 0 Å². The van der Waals surface area contributed by atoms with E-state index >= 15 is 0 Å². The van der Waals surface area contributed by atoms with Gasteiger partial charge in [-0.3, -0.25) is 0 Å². The van der Waals surface area contributed by atoms with Crippen LogP contribution in [0.25, 0.3) is 0 Å². The van der Waals surface area contributed by atoms with Gasteiger partial charge in [-0.15, -0.1) is 0 Å². The lowest BCUT2D eigenvalue weighted by atomic mass is 9.86. The maximum Gasteiger partial charge on any atom is 0.0767 e. The molecule has 11 heavy (non-hydrogen) atoms. The predicted octanol–water partition coefficient (Wildman–Crippen LogP) is 1.54. The van der Waals surface area contributed by atoms with Gasteiger partial charge >= 0.3 is 0 Å². The van der Waals surface area contributed by atoms with Crippen molar-refractivity contribution in [1.82, 2.24) is 5.32 Å². The number of rotatable bonds is 4. The molecule has 0 rings (SSSR count). The molecule has 0 heterocycles. The van der Waals surface area contributed by atoms with Crippen molar-refractivity contribution in [2.45, 2.75) is 52.2 Å². The molecule has 0 fully saturated rings. The molecule has 0 spiro atoms. The average Bonchev–Trinajstić information content (AvgIpc) is 1.81. The highest BCUT2D eigenvalue weighted by molar-refractivity contribution is 4.92. The Bertz CT molecular complexity index is 113. The fourth-order valence-electron chi connectivity index (χ4n) is 0.654. The summed E-state index contributed by atoms with van der Waals surface area (Å²) < 4.78 is 0. The third-order valence-electron chi connectivity index (χ3n) is 2.35. The Balaban J connectivity index is 4.00. The highest BCUT2D eigenvalue weighted by Crippen LogP contribution is 2.19. The van der Waals surface area contributed by atoms with E-state index < -0.39 is 5.60 Å². The molecule has 0 aliphatic rings. The quantitative estimate of drug-likeness (QED) is 0.652. The Hall–Kier alpha value is -0.0800. The van der Waals surface area contributed by atoms with Gasteiger partial charge in [-0.05, 0) is 40.7 Å². The van der Waals surface area contributed by atoms with Crippen molar-refractivity contribution >= 4 is 0 Å². The first-order valence-electron chi connectivity index (χ1n) is 4.28. The molecular formula is C9H21NO. The molecule has 0 saturated heterocycles. The summed E-state index contributed by atoms with van der Waals surface area (Å²) in [5.74, 6) is 0. The average molecular weight is 159 g/mol. The molecule has 0 atom stereocenters. The summed E-state index contributed by atoms with van der Waals surface area (Å²) in [7, 11) is 0. The molecule has 0 radical (unpaired) electrons. The second-order valence-electron chi connectivity index (χ2n) is 4.11. The van der Waals surface area contributed by atoms with E-state index in [1.165, 1.54) is 0 Å². The van der Waals surface area contributed by atoms with E-state index in [-0.39, 0.29) is 5.54 Å². The van der Waals surface area contributed by atoms with Crippen LogP contribution in [0.4, 0.5) is 0 Å². The summed E-state index contributed by atoms with van der Waals surface area (Å²) in [5, 5.41) is 13.0. The fraction of sp³-hybridized carbons (Fsp3) is 1.00. The molecule has 0 aromatic heterocycles. The van der Waals surface area contributed by atoms with Crippen LogP contribution in [0.5, 0.6) is 0 Å². The molecule has 2 heteroatoms. The van der Waals surface area contributed by atoms with Gasteiger partial charge in [0.1, 0.15) is 0 Å². The van der Waals surface area contributed by atoms with Crippen molar-refractivity contribution in [1.29, 1.82) is 0 Å². The Morgan fingerprint density at radius 3 is 1.91 bits per heavy atom. The third kappa shape index (κ3) is 3.21. The van der Waals surface area contributed by atoms with Crippen LogP contribution in [-0.4, -0.2) is 22.8 Å². The van der Waals surface area contributed by atoms with E-state index in [9.17, 15) is 5.11 Å². The maximum atomic E-state index is 9.71. The van der Waals surface area contributed by atoms with Crippen LogP contribution < -0.4 is 5.32 Å². The number of hydrogen-bond donors (Lipinski definition) is 2. The second kappa shape index (κ2) is 3.55. The van der Waals surface area contributed by atoms with Crippen LogP contribution in [-0.2, 0) is 0 Å². The van der Waals surface area contributed by atoms with Gasteiger partial charge in [0.05, 0.1) is 5.60 Å². The zero-order valence-electron chi connectivity index (χ0n) is 8.36. The monoisotopic (exact) mass is 159 g/mol. The predicted molar refractivity (Wildman–Crippen MR) is 48.7 cm³/mol. The van der Waals surface area contributed by atoms with Gasteiger partial charge in [-0.25, -0.2) is 0 Å². The third-order valence-corrected chi connectivity index (χ3v) is 2.35. The Morgan fingerprint density at radius 1 is 1.18 bits per heavy atom. The fourth-order valence-corrected chi connectivity index (χ4v) is 0.654. The van der Waals surface area contributed by atoms with Gasteiger partial charge < -0.3 is 10.4 Å². The topological polar surface area (TPSA) is 32.3 Å². The van der Waals surface area contributed by atoms with E-state index in [0.29, 0.717) is 0 Å². The minimum Gasteiger partial charge on any atom is -0.389 e. The SMILES string of the molecule is CCCNC(C)(C)C(C)(C)O. The lowest BCUT2D eigenvalue weighted by Crippen LogP contribution is -2.55. The van der Waals surface area contributed by atoms with E-state index in [2.05, 4.69) is 12.2 Å². The van der Waals surface area contributed by atoms with Crippen LogP contribution in [0.2, 0.25) is 0 Å². The maximum absolute atomic E-state index is 9.71. The van der Waals surface area contributed by atoms with Gasteiger partial charge in [0, 0.05) is 5.54 Å².